The Balaban J connectivity index is 1.58. The van der Waals surface area contributed by atoms with Crippen LogP contribution in [0.2, 0.25) is 10.0 Å². The van der Waals surface area contributed by atoms with Crippen molar-refractivity contribution in [2.45, 2.75) is 36.9 Å². The van der Waals surface area contributed by atoms with Gasteiger partial charge in [0.1, 0.15) is 0 Å². The Hall–Kier alpha value is -2.95. The van der Waals surface area contributed by atoms with Gasteiger partial charge in [-0.3, -0.25) is 9.52 Å². The Morgan fingerprint density at radius 2 is 1.76 bits per heavy atom. The molecule has 0 aromatic heterocycles. The molecular formula is C25H18Cl2F4N2O3S. The summed E-state index contributed by atoms with van der Waals surface area (Å²) in [7, 11) is -1.80. The van der Waals surface area contributed by atoms with E-state index < -0.39 is 56.5 Å². The molecule has 1 N–H and O–H groups in total. The second-order valence-corrected chi connectivity index (χ2v) is 10.5. The lowest BCUT2D eigenvalue weighted by Gasteiger charge is -2.29. The molecule has 3 aromatic carbocycles. The average Bonchev–Trinajstić information content (AvgIpc) is 3.29. The second kappa shape index (κ2) is 10.1. The molecule has 0 saturated carbocycles. The summed E-state index contributed by atoms with van der Waals surface area (Å²) < 4.78 is 71.5. The maximum Gasteiger partial charge on any atom is 0.435 e. The minimum atomic E-state index is -4.95. The van der Waals surface area contributed by atoms with Gasteiger partial charge in [0.05, 0.1) is 20.7 Å². The lowest BCUT2D eigenvalue weighted by molar-refractivity contribution is -0.275. The molecule has 1 aliphatic rings. The summed E-state index contributed by atoms with van der Waals surface area (Å²) in [6.45, 7) is 3.41. The SMILES string of the molecule is Cc1cccc(S(=O)NC(=O)c2ccc(C3=NOC(c4cc(Cl)c(F)c(Cl)c4)(C(F)(F)F)C3)cc2C)c1. The molecule has 1 aliphatic heterocycles. The summed E-state index contributed by atoms with van der Waals surface area (Å²) >= 11 is 11.5. The lowest BCUT2D eigenvalue weighted by Crippen LogP contribution is -2.42. The number of benzene rings is 3. The molecule has 5 nitrogen and oxygen atoms in total. The molecule has 4 rings (SSSR count). The number of carbonyl (C=O) groups excluding carboxylic acids is 1. The van der Waals surface area contributed by atoms with Crippen molar-refractivity contribution in [3.63, 3.8) is 0 Å². The number of hydrogen-bond donors (Lipinski definition) is 1. The van der Waals surface area contributed by atoms with Crippen molar-refractivity contribution >= 4 is 45.8 Å². The summed E-state index contributed by atoms with van der Waals surface area (Å²) in [6.07, 6.45) is -5.69. The zero-order valence-corrected chi connectivity index (χ0v) is 21.6. The Labute approximate surface area is 222 Å². The smallest absolute Gasteiger partial charge is 0.374 e. The van der Waals surface area contributed by atoms with Gasteiger partial charge in [-0.05, 0) is 66.9 Å². The van der Waals surface area contributed by atoms with Crippen LogP contribution >= 0.6 is 23.2 Å². The molecule has 1 amide bonds. The van der Waals surface area contributed by atoms with Crippen molar-refractivity contribution < 1.29 is 31.4 Å². The van der Waals surface area contributed by atoms with Gasteiger partial charge in [-0.1, -0.05) is 46.6 Å². The quantitative estimate of drug-likeness (QED) is 0.270. The van der Waals surface area contributed by atoms with Crippen LogP contribution in [0.1, 0.15) is 39.0 Å². The van der Waals surface area contributed by atoms with Gasteiger partial charge in [-0.25, -0.2) is 8.60 Å². The van der Waals surface area contributed by atoms with E-state index in [1.54, 1.807) is 25.1 Å². The first kappa shape index (κ1) is 27.1. The number of aryl methyl sites for hydroxylation is 2. The van der Waals surface area contributed by atoms with Gasteiger partial charge in [-0.2, -0.15) is 13.2 Å². The number of nitrogens with zero attached hydrogens (tertiary/aromatic N) is 1. The van der Waals surface area contributed by atoms with Crippen LogP contribution in [0.4, 0.5) is 17.6 Å². The number of amides is 1. The Kier molecular flexibility index (Phi) is 7.38. The predicted molar refractivity (Wildman–Crippen MR) is 133 cm³/mol. The van der Waals surface area contributed by atoms with Crippen LogP contribution in [0.15, 0.2) is 64.6 Å². The van der Waals surface area contributed by atoms with E-state index in [1.165, 1.54) is 18.2 Å². The van der Waals surface area contributed by atoms with Crippen LogP contribution < -0.4 is 4.72 Å². The van der Waals surface area contributed by atoms with E-state index >= 15 is 0 Å². The molecule has 2 unspecified atom stereocenters. The van der Waals surface area contributed by atoms with E-state index in [0.717, 1.165) is 17.7 Å². The third-order valence-corrected chi connectivity index (χ3v) is 7.43. The predicted octanol–water partition coefficient (Wildman–Crippen LogP) is 6.78. The van der Waals surface area contributed by atoms with Crippen LogP contribution in [0, 0.1) is 19.7 Å². The minimum absolute atomic E-state index is 0.0488. The van der Waals surface area contributed by atoms with Crippen molar-refractivity contribution in [3.05, 3.63) is 98.3 Å². The fourth-order valence-corrected chi connectivity index (χ4v) is 5.25. The largest absolute Gasteiger partial charge is 0.435 e. The number of hydrogen-bond acceptors (Lipinski definition) is 4. The van der Waals surface area contributed by atoms with Gasteiger partial charge >= 0.3 is 6.18 Å². The lowest BCUT2D eigenvalue weighted by atomic mass is 9.86. The molecule has 37 heavy (non-hydrogen) atoms. The normalized spacial score (nSPS) is 18.2. The molecule has 0 aliphatic carbocycles. The summed E-state index contributed by atoms with van der Waals surface area (Å²) in [5, 5.41) is 2.49. The molecule has 194 valence electrons. The first-order valence-electron chi connectivity index (χ1n) is 10.7. The first-order chi connectivity index (χ1) is 17.3. The van der Waals surface area contributed by atoms with E-state index in [9.17, 15) is 26.6 Å². The van der Waals surface area contributed by atoms with Crippen LogP contribution in [0.5, 0.6) is 0 Å². The van der Waals surface area contributed by atoms with Crippen molar-refractivity contribution in [1.82, 2.24) is 4.72 Å². The first-order valence-corrected chi connectivity index (χ1v) is 12.6. The van der Waals surface area contributed by atoms with Crippen molar-refractivity contribution in [2.24, 2.45) is 5.16 Å². The zero-order valence-electron chi connectivity index (χ0n) is 19.3. The summed E-state index contributed by atoms with van der Waals surface area (Å²) in [6, 6.07) is 12.7. The standard InChI is InChI=1S/C25H18Cl2F4N2O3S/c1-13-4-3-5-17(8-13)37(35)33-23(34)18-7-6-15(9-14(18)2)21-12-24(36-32-21,25(29,30)31)16-10-19(26)22(28)20(27)11-16/h3-11H,12H2,1-2H3,(H,33,34). The molecule has 0 spiro atoms. The van der Waals surface area contributed by atoms with E-state index in [-0.39, 0.29) is 16.8 Å². The highest BCUT2D eigenvalue weighted by Crippen LogP contribution is 2.50. The van der Waals surface area contributed by atoms with Crippen molar-refractivity contribution in [1.29, 1.82) is 0 Å². The van der Waals surface area contributed by atoms with Crippen LogP contribution in [-0.4, -0.2) is 22.0 Å². The monoisotopic (exact) mass is 572 g/mol. The number of nitrogens with one attached hydrogen (secondary N) is 1. The molecule has 12 heteroatoms. The van der Waals surface area contributed by atoms with Crippen molar-refractivity contribution in [3.8, 4) is 0 Å². The van der Waals surface area contributed by atoms with Gasteiger partial charge < -0.3 is 4.84 Å². The number of carbonyl (C=O) groups is 1. The van der Waals surface area contributed by atoms with Crippen LogP contribution in [0.3, 0.4) is 0 Å². The fraction of sp³-hybridized carbons (Fsp3) is 0.200. The Morgan fingerprint density at radius 1 is 1.08 bits per heavy atom. The molecule has 0 saturated heterocycles. The number of halogens is 6. The van der Waals surface area contributed by atoms with Gasteiger partial charge in [-0.15, -0.1) is 0 Å². The van der Waals surface area contributed by atoms with E-state index in [4.69, 9.17) is 28.0 Å². The highest BCUT2D eigenvalue weighted by atomic mass is 35.5. The van der Waals surface area contributed by atoms with E-state index in [1.807, 2.05) is 13.0 Å². The number of alkyl halides is 3. The van der Waals surface area contributed by atoms with Gasteiger partial charge in [0.2, 0.25) is 0 Å². The second-order valence-electron chi connectivity index (χ2n) is 8.43. The highest BCUT2D eigenvalue weighted by Gasteiger charge is 2.62. The summed E-state index contributed by atoms with van der Waals surface area (Å²) in [5.74, 6) is -1.66. The molecule has 0 fully saturated rings. The van der Waals surface area contributed by atoms with Gasteiger partial charge in [0.15, 0.2) is 16.8 Å². The molecule has 0 radical (unpaired) electrons. The maximum absolute atomic E-state index is 14.2. The summed E-state index contributed by atoms with van der Waals surface area (Å²) in [4.78, 5) is 18.1. The molecule has 3 aromatic rings. The molecule has 1 heterocycles. The molecule has 0 bridgehead atoms. The van der Waals surface area contributed by atoms with E-state index in [2.05, 4.69) is 9.88 Å². The number of rotatable bonds is 5. The Bertz CT molecular complexity index is 1440. The molecule has 2 atom stereocenters. The van der Waals surface area contributed by atoms with Crippen LogP contribution in [0.25, 0.3) is 0 Å². The zero-order chi connectivity index (χ0) is 27.1. The summed E-state index contributed by atoms with van der Waals surface area (Å²) in [5.41, 5.74) is -1.73. The molecular weight excluding hydrogens is 555 g/mol. The maximum atomic E-state index is 14.2. The Morgan fingerprint density at radius 3 is 2.35 bits per heavy atom. The minimum Gasteiger partial charge on any atom is -0.374 e. The highest BCUT2D eigenvalue weighted by molar-refractivity contribution is 7.83. The van der Waals surface area contributed by atoms with Crippen molar-refractivity contribution in [2.75, 3.05) is 0 Å². The topological polar surface area (TPSA) is 67.8 Å². The fourth-order valence-electron chi connectivity index (χ4n) is 3.87. The number of oxime groups is 1. The third-order valence-electron chi connectivity index (χ3n) is 5.83. The van der Waals surface area contributed by atoms with Gasteiger partial charge in [0.25, 0.3) is 11.5 Å². The van der Waals surface area contributed by atoms with Crippen LogP contribution in [-0.2, 0) is 21.4 Å². The third kappa shape index (κ3) is 5.23. The van der Waals surface area contributed by atoms with E-state index in [0.29, 0.717) is 10.5 Å². The average molecular weight is 573 g/mol. The van der Waals surface area contributed by atoms with Gasteiger partial charge in [0, 0.05) is 17.5 Å².